The third-order valence-electron chi connectivity index (χ3n) is 4.26. The second-order valence-electron chi connectivity index (χ2n) is 6.07. The van der Waals surface area contributed by atoms with Crippen LogP contribution in [0.4, 0.5) is 9.80 Å². The first-order chi connectivity index (χ1) is 12.6. The molecular weight excluding hydrogens is 352 g/mol. The Bertz CT molecular complexity index is 782. The maximum absolute atomic E-state index is 12.7. The van der Waals surface area contributed by atoms with E-state index in [2.05, 4.69) is 16.0 Å². The number of rotatable bonds is 5. The molecule has 1 aromatic carbocycles. The molecule has 26 heavy (non-hydrogen) atoms. The van der Waals surface area contributed by atoms with E-state index >= 15 is 0 Å². The first kappa shape index (κ1) is 18.2. The smallest absolute Gasteiger partial charge is 0.317 e. The predicted molar refractivity (Wildman–Crippen MR) is 103 cm³/mol. The summed E-state index contributed by atoms with van der Waals surface area (Å²) < 4.78 is 5.17. The van der Waals surface area contributed by atoms with Gasteiger partial charge >= 0.3 is 6.03 Å². The molecule has 0 radical (unpaired) electrons. The lowest BCUT2D eigenvalue weighted by Crippen LogP contribution is -2.42. The number of piperidine rings is 1. The highest BCUT2D eigenvalue weighted by Crippen LogP contribution is 2.36. The summed E-state index contributed by atoms with van der Waals surface area (Å²) in [6, 6.07) is 8.75. The second kappa shape index (κ2) is 8.20. The normalized spacial score (nSPS) is 14.7. The molecule has 1 aliphatic heterocycles. The fourth-order valence-electron chi connectivity index (χ4n) is 2.89. The van der Waals surface area contributed by atoms with Crippen LogP contribution in [0.5, 0.6) is 5.75 Å². The summed E-state index contributed by atoms with van der Waals surface area (Å²) in [5, 5.41) is 9.33. The fourth-order valence-corrected chi connectivity index (χ4v) is 3.96. The van der Waals surface area contributed by atoms with Crippen molar-refractivity contribution < 1.29 is 14.3 Å². The Morgan fingerprint density at radius 1 is 1.23 bits per heavy atom. The van der Waals surface area contributed by atoms with Crippen LogP contribution < -0.4 is 26.4 Å². The highest BCUT2D eigenvalue weighted by molar-refractivity contribution is 7.20. The Morgan fingerprint density at radius 2 is 1.92 bits per heavy atom. The maximum Gasteiger partial charge on any atom is 0.317 e. The number of hydrogen-bond acceptors (Lipinski definition) is 5. The summed E-state index contributed by atoms with van der Waals surface area (Å²) in [5.41, 5.74) is 6.63. The molecule has 138 valence electrons. The average molecular weight is 374 g/mol. The van der Waals surface area contributed by atoms with E-state index in [0.29, 0.717) is 10.6 Å². The molecule has 0 spiro atoms. The van der Waals surface area contributed by atoms with Crippen molar-refractivity contribution in [1.29, 1.82) is 0 Å². The molecule has 1 aromatic heterocycles. The van der Waals surface area contributed by atoms with Crippen molar-refractivity contribution in [2.45, 2.75) is 18.9 Å². The van der Waals surface area contributed by atoms with Gasteiger partial charge in [-0.3, -0.25) is 10.1 Å². The van der Waals surface area contributed by atoms with Crippen LogP contribution in [0.15, 0.2) is 30.3 Å². The highest BCUT2D eigenvalue weighted by atomic mass is 32.1. The van der Waals surface area contributed by atoms with Crippen LogP contribution in [0.1, 0.15) is 23.2 Å². The first-order valence-electron chi connectivity index (χ1n) is 8.43. The van der Waals surface area contributed by atoms with Crippen LogP contribution >= 0.6 is 11.3 Å². The lowest BCUT2D eigenvalue weighted by atomic mass is 10.1. The molecule has 3 amide bonds. The van der Waals surface area contributed by atoms with Crippen molar-refractivity contribution in [2.75, 3.05) is 25.5 Å². The quantitative estimate of drug-likeness (QED) is 0.645. The summed E-state index contributed by atoms with van der Waals surface area (Å²) in [6.07, 6.45) is 1.78. The molecule has 3 rings (SSSR count). The molecule has 0 saturated carbocycles. The molecule has 0 aliphatic carbocycles. The number of anilines is 1. The number of nitrogens with one attached hydrogen (secondary N) is 3. The minimum Gasteiger partial charge on any atom is -0.497 e. The number of hydrogen-bond donors (Lipinski definition) is 4. The number of benzene rings is 1. The van der Waals surface area contributed by atoms with Gasteiger partial charge in [0.25, 0.3) is 5.91 Å². The topological polar surface area (TPSA) is 105 Å². The molecule has 7 nitrogen and oxygen atoms in total. The Labute approximate surface area is 155 Å². The number of ether oxygens (including phenoxy) is 1. The number of urea groups is 1. The molecule has 0 bridgehead atoms. The summed E-state index contributed by atoms with van der Waals surface area (Å²) in [5.74, 6) is 0.557. The van der Waals surface area contributed by atoms with Crippen molar-refractivity contribution in [3.05, 3.63) is 35.9 Å². The van der Waals surface area contributed by atoms with Crippen molar-refractivity contribution >= 4 is 28.3 Å². The van der Waals surface area contributed by atoms with E-state index in [-0.39, 0.29) is 11.9 Å². The SMILES string of the molecule is COc1ccc(-c2cc(C(=O)NC3CCNCC3)c(NC(N)=O)s2)cc1. The zero-order valence-corrected chi connectivity index (χ0v) is 15.3. The molecule has 5 N–H and O–H groups in total. The van der Waals surface area contributed by atoms with E-state index in [4.69, 9.17) is 10.5 Å². The van der Waals surface area contributed by atoms with Gasteiger partial charge in [0, 0.05) is 10.9 Å². The number of nitrogens with two attached hydrogens (primary N) is 1. The van der Waals surface area contributed by atoms with Crippen LogP contribution in [0.3, 0.4) is 0 Å². The predicted octanol–water partition coefficient (Wildman–Crippen LogP) is 2.40. The van der Waals surface area contributed by atoms with Crippen LogP contribution in [0.25, 0.3) is 10.4 Å². The molecular formula is C18H22N4O3S. The Hall–Kier alpha value is -2.58. The summed E-state index contributed by atoms with van der Waals surface area (Å²) >= 11 is 1.32. The molecule has 2 heterocycles. The molecule has 0 unspecified atom stereocenters. The molecule has 2 aromatic rings. The second-order valence-corrected chi connectivity index (χ2v) is 7.12. The van der Waals surface area contributed by atoms with Crippen molar-refractivity contribution in [2.24, 2.45) is 5.73 Å². The van der Waals surface area contributed by atoms with Crippen molar-refractivity contribution in [3.63, 3.8) is 0 Å². The number of methoxy groups -OCH3 is 1. The minimum atomic E-state index is -0.691. The van der Waals surface area contributed by atoms with Gasteiger partial charge < -0.3 is 21.1 Å². The molecule has 8 heteroatoms. The monoisotopic (exact) mass is 374 g/mol. The molecule has 0 atom stereocenters. The number of carbonyl (C=O) groups excluding carboxylic acids is 2. The number of carbonyl (C=O) groups is 2. The van der Waals surface area contributed by atoms with Gasteiger partial charge in [0.05, 0.1) is 12.7 Å². The summed E-state index contributed by atoms with van der Waals surface area (Å²) in [4.78, 5) is 24.9. The lowest BCUT2D eigenvalue weighted by Gasteiger charge is -2.23. The minimum absolute atomic E-state index is 0.134. The largest absolute Gasteiger partial charge is 0.497 e. The van der Waals surface area contributed by atoms with Gasteiger partial charge in [0.2, 0.25) is 0 Å². The molecule has 1 aliphatic rings. The third-order valence-corrected chi connectivity index (χ3v) is 5.36. The fraction of sp³-hybridized carbons (Fsp3) is 0.333. The molecule has 1 saturated heterocycles. The van der Waals surface area contributed by atoms with Crippen LogP contribution in [0, 0.1) is 0 Å². The van der Waals surface area contributed by atoms with E-state index in [1.807, 2.05) is 24.3 Å². The van der Waals surface area contributed by atoms with E-state index in [0.717, 1.165) is 42.1 Å². The van der Waals surface area contributed by atoms with Crippen molar-refractivity contribution in [3.8, 4) is 16.2 Å². The lowest BCUT2D eigenvalue weighted by molar-refractivity contribution is 0.0931. The Kier molecular flexibility index (Phi) is 5.75. The van der Waals surface area contributed by atoms with Crippen LogP contribution in [0.2, 0.25) is 0 Å². The third kappa shape index (κ3) is 4.33. The standard InChI is InChI=1S/C18H22N4O3S/c1-25-13-4-2-11(3-5-13)15-10-14(17(26-15)22-18(19)24)16(23)21-12-6-8-20-9-7-12/h2-5,10,12,20H,6-9H2,1H3,(H,21,23)(H3,19,22,24). The van der Waals surface area contributed by atoms with Gasteiger partial charge in [-0.15, -0.1) is 11.3 Å². The zero-order valence-electron chi connectivity index (χ0n) is 14.5. The van der Waals surface area contributed by atoms with E-state index < -0.39 is 6.03 Å². The van der Waals surface area contributed by atoms with Gasteiger partial charge in [-0.2, -0.15) is 0 Å². The van der Waals surface area contributed by atoms with Gasteiger partial charge in [0.1, 0.15) is 10.8 Å². The van der Waals surface area contributed by atoms with Gasteiger partial charge in [-0.1, -0.05) is 0 Å². The summed E-state index contributed by atoms with van der Waals surface area (Å²) in [6.45, 7) is 1.77. The maximum atomic E-state index is 12.7. The Morgan fingerprint density at radius 3 is 2.54 bits per heavy atom. The average Bonchev–Trinajstić information content (AvgIpc) is 3.06. The summed E-state index contributed by atoms with van der Waals surface area (Å²) in [7, 11) is 1.61. The van der Waals surface area contributed by atoms with Crippen LogP contribution in [-0.4, -0.2) is 38.2 Å². The van der Waals surface area contributed by atoms with Gasteiger partial charge in [0.15, 0.2) is 0 Å². The zero-order chi connectivity index (χ0) is 18.5. The number of primary amides is 1. The first-order valence-corrected chi connectivity index (χ1v) is 9.25. The Balaban J connectivity index is 1.85. The molecule has 1 fully saturated rings. The highest BCUT2D eigenvalue weighted by Gasteiger charge is 2.22. The number of amides is 3. The van der Waals surface area contributed by atoms with Gasteiger partial charge in [-0.25, -0.2) is 4.79 Å². The van der Waals surface area contributed by atoms with E-state index in [1.54, 1.807) is 13.2 Å². The van der Waals surface area contributed by atoms with Crippen molar-refractivity contribution in [1.82, 2.24) is 10.6 Å². The van der Waals surface area contributed by atoms with Crippen LogP contribution in [-0.2, 0) is 0 Å². The van der Waals surface area contributed by atoms with E-state index in [1.165, 1.54) is 11.3 Å². The van der Waals surface area contributed by atoms with E-state index in [9.17, 15) is 9.59 Å². The number of thiophene rings is 1. The van der Waals surface area contributed by atoms with Gasteiger partial charge in [-0.05, 0) is 61.8 Å².